The van der Waals surface area contributed by atoms with Gasteiger partial charge in [0.05, 0.1) is 13.2 Å². The number of aliphatic hydroxyl groups excluding tert-OH is 2. The highest BCUT2D eigenvalue weighted by molar-refractivity contribution is 5.92. The van der Waals surface area contributed by atoms with Crippen molar-refractivity contribution in [1.82, 2.24) is 0 Å². The first-order chi connectivity index (χ1) is 9.65. The maximum absolute atomic E-state index is 10.9. The van der Waals surface area contributed by atoms with Crippen LogP contribution in [0.4, 0.5) is 0 Å². The summed E-state index contributed by atoms with van der Waals surface area (Å²) in [7, 11) is 0. The Balaban J connectivity index is 0.000000444. The molecule has 108 valence electrons. The van der Waals surface area contributed by atoms with Crippen LogP contribution in [0.3, 0.4) is 0 Å². The predicted molar refractivity (Wildman–Crippen MR) is 70.2 cm³/mol. The molecule has 6 heteroatoms. The van der Waals surface area contributed by atoms with Crippen molar-refractivity contribution in [2.24, 2.45) is 0 Å². The number of benzene rings is 1. The second-order valence-electron chi connectivity index (χ2n) is 3.74. The topological polar surface area (TPSA) is 93.1 Å². The van der Waals surface area contributed by atoms with E-state index >= 15 is 0 Å². The maximum Gasteiger partial charge on any atom is 0.320 e. The zero-order valence-corrected chi connectivity index (χ0v) is 10.8. The molecule has 0 bridgehead atoms. The summed E-state index contributed by atoms with van der Waals surface area (Å²) in [5.74, 6) is -1.11. The molecule has 0 amide bonds. The van der Waals surface area contributed by atoms with Crippen molar-refractivity contribution in [3.8, 4) is 0 Å². The quantitative estimate of drug-likeness (QED) is 0.618. The molecule has 1 aromatic carbocycles. The Kier molecular flexibility index (Phi) is 7.02. The van der Waals surface area contributed by atoms with Crippen LogP contribution in [0.5, 0.6) is 0 Å². The van der Waals surface area contributed by atoms with E-state index in [-0.39, 0.29) is 19.6 Å². The van der Waals surface area contributed by atoms with E-state index in [9.17, 15) is 9.59 Å². The van der Waals surface area contributed by atoms with Crippen molar-refractivity contribution in [3.05, 3.63) is 42.0 Å². The summed E-state index contributed by atoms with van der Waals surface area (Å²) in [4.78, 5) is 21.9. The third kappa shape index (κ3) is 6.12. The Morgan fingerprint density at radius 3 is 2.10 bits per heavy atom. The molecular weight excluding hydrogens is 264 g/mol. The van der Waals surface area contributed by atoms with Crippen LogP contribution in [0.25, 0.3) is 6.08 Å². The highest BCUT2D eigenvalue weighted by Gasteiger charge is 2.25. The minimum absolute atomic E-state index is 0.125. The van der Waals surface area contributed by atoms with Gasteiger partial charge in [0.25, 0.3) is 6.29 Å². The van der Waals surface area contributed by atoms with Crippen LogP contribution < -0.4 is 0 Å². The van der Waals surface area contributed by atoms with Gasteiger partial charge in [0.15, 0.2) is 0 Å². The van der Waals surface area contributed by atoms with Gasteiger partial charge in [-0.15, -0.1) is 0 Å². The van der Waals surface area contributed by atoms with Gasteiger partial charge >= 0.3 is 11.9 Å². The number of cyclic esters (lactones) is 2. The van der Waals surface area contributed by atoms with E-state index in [1.54, 1.807) is 6.08 Å². The molecule has 0 unspecified atom stereocenters. The molecule has 2 N–H and O–H groups in total. The number of esters is 2. The normalized spacial score (nSPS) is 15.3. The minimum atomic E-state index is -0.908. The molecule has 0 saturated carbocycles. The van der Waals surface area contributed by atoms with Gasteiger partial charge in [0, 0.05) is 0 Å². The zero-order chi connectivity index (χ0) is 14.8. The summed E-state index contributed by atoms with van der Waals surface area (Å²) in [5, 5.41) is 15.2. The molecule has 0 spiro atoms. The Bertz CT molecular complexity index is 436. The second kappa shape index (κ2) is 8.84. The van der Waals surface area contributed by atoms with E-state index in [0.29, 0.717) is 0 Å². The van der Waals surface area contributed by atoms with Crippen LogP contribution >= 0.6 is 0 Å². The highest BCUT2D eigenvalue weighted by Crippen LogP contribution is 2.11. The van der Waals surface area contributed by atoms with E-state index in [0.717, 1.165) is 5.56 Å². The fraction of sp³-hybridized carbons (Fsp3) is 0.286. The lowest BCUT2D eigenvalue weighted by Gasteiger charge is -2.19. The molecule has 6 nitrogen and oxygen atoms in total. The molecule has 20 heavy (non-hydrogen) atoms. The number of hydrogen-bond donors (Lipinski definition) is 2. The molecule has 1 heterocycles. The lowest BCUT2D eigenvalue weighted by molar-refractivity contribution is -0.194. The SMILES string of the molecule is O=C1CC(=O)OC(C=Cc2ccccc2)O1.OCCO. The Labute approximate surface area is 116 Å². The molecule has 1 fully saturated rings. The number of hydrogen-bond acceptors (Lipinski definition) is 6. The molecule has 0 radical (unpaired) electrons. The predicted octanol–water partition coefficient (Wildman–Crippen LogP) is 0.487. The smallest absolute Gasteiger partial charge is 0.320 e. The molecular formula is C14H16O6. The van der Waals surface area contributed by atoms with Crippen LogP contribution in [-0.2, 0) is 19.1 Å². The van der Waals surface area contributed by atoms with E-state index < -0.39 is 18.2 Å². The van der Waals surface area contributed by atoms with Crippen molar-refractivity contribution < 1.29 is 29.3 Å². The summed E-state index contributed by atoms with van der Waals surface area (Å²) < 4.78 is 9.62. The Hall–Kier alpha value is -2.18. The molecule has 0 aromatic heterocycles. The van der Waals surface area contributed by atoms with Gasteiger partial charge in [0.2, 0.25) is 0 Å². The summed E-state index contributed by atoms with van der Waals surface area (Å²) in [6, 6.07) is 9.46. The lowest BCUT2D eigenvalue weighted by Crippen LogP contribution is -2.30. The molecule has 0 aliphatic carbocycles. The average molecular weight is 280 g/mol. The summed E-state index contributed by atoms with van der Waals surface area (Å²) in [5.41, 5.74) is 0.945. The standard InChI is InChI=1S/C12H10O4.C2H6O2/c13-10-8-11(14)16-12(15-10)7-6-9-4-2-1-3-5-9;3-1-2-4/h1-7,12H,8H2;3-4H,1-2H2. The van der Waals surface area contributed by atoms with Gasteiger partial charge in [0.1, 0.15) is 6.42 Å². The number of rotatable bonds is 3. The minimum Gasteiger partial charge on any atom is -0.421 e. The molecule has 1 aliphatic rings. The Morgan fingerprint density at radius 1 is 1.05 bits per heavy atom. The van der Waals surface area contributed by atoms with E-state index in [4.69, 9.17) is 19.7 Å². The highest BCUT2D eigenvalue weighted by atomic mass is 16.7. The van der Waals surface area contributed by atoms with Crippen LogP contribution in [-0.4, -0.2) is 41.7 Å². The first kappa shape index (κ1) is 15.9. The summed E-state index contributed by atoms with van der Waals surface area (Å²) >= 11 is 0. The van der Waals surface area contributed by atoms with E-state index in [1.807, 2.05) is 30.3 Å². The molecule has 1 aromatic rings. The van der Waals surface area contributed by atoms with Crippen LogP contribution in [0.15, 0.2) is 36.4 Å². The fourth-order valence-corrected chi connectivity index (χ4v) is 1.32. The van der Waals surface area contributed by atoms with Crippen molar-refractivity contribution in [2.75, 3.05) is 13.2 Å². The second-order valence-corrected chi connectivity index (χ2v) is 3.74. The Morgan fingerprint density at radius 2 is 1.60 bits per heavy atom. The van der Waals surface area contributed by atoms with Gasteiger partial charge < -0.3 is 19.7 Å². The van der Waals surface area contributed by atoms with Crippen molar-refractivity contribution in [2.45, 2.75) is 12.7 Å². The zero-order valence-electron chi connectivity index (χ0n) is 10.8. The lowest BCUT2D eigenvalue weighted by atomic mass is 10.2. The number of aliphatic hydroxyl groups is 2. The van der Waals surface area contributed by atoms with Crippen LogP contribution in [0, 0.1) is 0 Å². The largest absolute Gasteiger partial charge is 0.421 e. The third-order valence-corrected chi connectivity index (χ3v) is 2.13. The van der Waals surface area contributed by atoms with E-state index in [1.165, 1.54) is 6.08 Å². The number of carbonyl (C=O) groups excluding carboxylic acids is 2. The molecule has 1 saturated heterocycles. The summed E-state index contributed by atoms with van der Waals surface area (Å²) in [6.45, 7) is -0.250. The van der Waals surface area contributed by atoms with Crippen molar-refractivity contribution in [1.29, 1.82) is 0 Å². The van der Waals surface area contributed by atoms with Crippen LogP contribution in [0.2, 0.25) is 0 Å². The van der Waals surface area contributed by atoms with Gasteiger partial charge in [-0.05, 0) is 11.6 Å². The molecule has 1 aliphatic heterocycles. The first-order valence-corrected chi connectivity index (χ1v) is 5.99. The summed E-state index contributed by atoms with van der Waals surface area (Å²) in [6.07, 6.45) is 2.05. The molecule has 2 rings (SSSR count). The fourth-order valence-electron chi connectivity index (χ4n) is 1.32. The van der Waals surface area contributed by atoms with Gasteiger partial charge in [-0.25, -0.2) is 0 Å². The van der Waals surface area contributed by atoms with Crippen molar-refractivity contribution >= 4 is 18.0 Å². The number of carbonyl (C=O) groups is 2. The van der Waals surface area contributed by atoms with Crippen LogP contribution in [0.1, 0.15) is 12.0 Å². The molecule has 0 atom stereocenters. The number of ether oxygens (including phenoxy) is 2. The maximum atomic E-state index is 10.9. The van der Waals surface area contributed by atoms with Gasteiger partial charge in [-0.3, -0.25) is 9.59 Å². The third-order valence-electron chi connectivity index (χ3n) is 2.13. The average Bonchev–Trinajstić information content (AvgIpc) is 2.45. The van der Waals surface area contributed by atoms with Gasteiger partial charge in [-0.1, -0.05) is 36.4 Å². The van der Waals surface area contributed by atoms with E-state index in [2.05, 4.69) is 0 Å². The first-order valence-electron chi connectivity index (χ1n) is 5.99. The van der Waals surface area contributed by atoms with Gasteiger partial charge in [-0.2, -0.15) is 0 Å². The monoisotopic (exact) mass is 280 g/mol. The van der Waals surface area contributed by atoms with Crippen molar-refractivity contribution in [3.63, 3.8) is 0 Å².